The van der Waals surface area contributed by atoms with Crippen LogP contribution in [0.25, 0.3) is 0 Å². The molecule has 0 radical (unpaired) electrons. The lowest BCUT2D eigenvalue weighted by Crippen LogP contribution is -2.58. The van der Waals surface area contributed by atoms with E-state index in [2.05, 4.69) is 11.8 Å². The standard InChI is InChI=1S/C30H58N2O8/c1-17-15-29(7,35)27(40-24-14-23(31(9)10)13-18(2)38-24)19(3)25(37-12)20(4)28(34)39-22(6)30(8,36)26(33)21(5)32(11)16-17/h17-27,33,35-36H,13-16H2,1-12H3/t17-,18-,19+,20-,21-,22-,23+,24+,25?,26-,27-,29-,30-/m1/s1. The van der Waals surface area contributed by atoms with E-state index < -0.39 is 65.8 Å². The minimum atomic E-state index is -1.68. The van der Waals surface area contributed by atoms with Crippen LogP contribution in [0.3, 0.4) is 0 Å². The average molecular weight is 575 g/mol. The van der Waals surface area contributed by atoms with Gasteiger partial charge in [-0.15, -0.1) is 0 Å². The number of ether oxygens (including phenoxy) is 4. The van der Waals surface area contributed by atoms with E-state index in [0.717, 1.165) is 6.42 Å². The lowest BCUT2D eigenvalue weighted by Gasteiger charge is -2.45. The number of hydrogen-bond acceptors (Lipinski definition) is 10. The summed E-state index contributed by atoms with van der Waals surface area (Å²) in [5.74, 6) is -1.70. The number of carbonyl (C=O) groups excluding carboxylic acids is 1. The van der Waals surface area contributed by atoms with Crippen molar-refractivity contribution in [2.45, 2.75) is 135 Å². The minimum Gasteiger partial charge on any atom is -0.459 e. The first-order valence-corrected chi connectivity index (χ1v) is 14.9. The van der Waals surface area contributed by atoms with E-state index in [9.17, 15) is 20.1 Å². The Labute approximate surface area is 242 Å². The maximum absolute atomic E-state index is 13.3. The van der Waals surface area contributed by atoms with E-state index in [4.69, 9.17) is 18.9 Å². The number of methoxy groups -OCH3 is 1. The summed E-state index contributed by atoms with van der Waals surface area (Å²) in [5, 5.41) is 34.4. The van der Waals surface area contributed by atoms with Crippen molar-refractivity contribution in [3.63, 3.8) is 0 Å². The molecule has 2 rings (SSSR count). The quantitative estimate of drug-likeness (QED) is 0.431. The van der Waals surface area contributed by atoms with Gasteiger partial charge in [-0.3, -0.25) is 4.79 Å². The number of likely N-dealkylation sites (N-methyl/N-ethyl adjacent to an activating group) is 1. The summed E-state index contributed by atoms with van der Waals surface area (Å²) in [6.07, 6.45) is -2.11. The van der Waals surface area contributed by atoms with Crippen molar-refractivity contribution in [2.75, 3.05) is 34.8 Å². The largest absolute Gasteiger partial charge is 0.459 e. The summed E-state index contributed by atoms with van der Waals surface area (Å²) in [5.41, 5.74) is -2.98. The number of hydrogen-bond donors (Lipinski definition) is 3. The fourth-order valence-electron chi connectivity index (χ4n) is 6.68. The molecule has 0 bridgehead atoms. The molecule has 3 N–H and O–H groups in total. The van der Waals surface area contributed by atoms with Crippen LogP contribution in [0.4, 0.5) is 0 Å². The van der Waals surface area contributed by atoms with Crippen LogP contribution in [0.1, 0.15) is 74.7 Å². The van der Waals surface area contributed by atoms with Gasteiger partial charge in [0.05, 0.1) is 29.8 Å². The number of nitrogens with zero attached hydrogens (tertiary/aromatic N) is 2. The maximum atomic E-state index is 13.3. The number of cyclic esters (lactones) is 1. The molecule has 10 nitrogen and oxygen atoms in total. The van der Waals surface area contributed by atoms with E-state index in [-0.39, 0.29) is 18.1 Å². The average Bonchev–Trinajstić information content (AvgIpc) is 2.84. The first-order chi connectivity index (χ1) is 18.3. The highest BCUT2D eigenvalue weighted by Gasteiger charge is 2.48. The zero-order chi connectivity index (χ0) is 30.7. The Bertz CT molecular complexity index is 809. The van der Waals surface area contributed by atoms with Gasteiger partial charge in [-0.05, 0) is 81.4 Å². The van der Waals surface area contributed by atoms with Crippen LogP contribution in [0, 0.1) is 17.8 Å². The molecule has 0 aromatic heterocycles. The molecule has 236 valence electrons. The number of aliphatic hydroxyl groups is 3. The van der Waals surface area contributed by atoms with Crippen molar-refractivity contribution in [1.82, 2.24) is 9.80 Å². The molecule has 1 unspecified atom stereocenters. The molecule has 0 spiro atoms. The predicted molar refractivity (Wildman–Crippen MR) is 154 cm³/mol. The highest BCUT2D eigenvalue weighted by atomic mass is 16.7. The summed E-state index contributed by atoms with van der Waals surface area (Å²) in [6.45, 7) is 15.0. The highest BCUT2D eigenvalue weighted by molar-refractivity contribution is 5.73. The van der Waals surface area contributed by atoms with Crippen molar-refractivity contribution >= 4 is 5.97 Å². The summed E-state index contributed by atoms with van der Waals surface area (Å²) < 4.78 is 24.5. The normalized spacial score (nSPS) is 47.4. The number of carbonyl (C=O) groups is 1. The first kappa shape index (κ1) is 35.3. The fraction of sp³-hybridized carbons (Fsp3) is 0.967. The van der Waals surface area contributed by atoms with E-state index in [0.29, 0.717) is 19.4 Å². The van der Waals surface area contributed by atoms with Gasteiger partial charge in [0.25, 0.3) is 0 Å². The van der Waals surface area contributed by atoms with Crippen LogP contribution in [-0.2, 0) is 23.7 Å². The smallest absolute Gasteiger partial charge is 0.311 e. The highest BCUT2D eigenvalue weighted by Crippen LogP contribution is 2.37. The fourth-order valence-corrected chi connectivity index (χ4v) is 6.68. The van der Waals surface area contributed by atoms with Crippen molar-refractivity contribution < 1.29 is 39.1 Å². The zero-order valence-corrected chi connectivity index (χ0v) is 27.0. The first-order valence-electron chi connectivity index (χ1n) is 14.9. The van der Waals surface area contributed by atoms with Gasteiger partial charge in [-0.25, -0.2) is 0 Å². The number of rotatable bonds is 4. The molecule has 0 amide bonds. The molecule has 2 aliphatic rings. The Kier molecular flexibility index (Phi) is 12.4. The lowest BCUT2D eigenvalue weighted by atomic mass is 9.78. The molecule has 0 aromatic rings. The molecule has 2 aliphatic heterocycles. The van der Waals surface area contributed by atoms with Gasteiger partial charge < -0.3 is 44.1 Å². The lowest BCUT2D eigenvalue weighted by molar-refractivity contribution is -0.268. The maximum Gasteiger partial charge on any atom is 0.311 e. The predicted octanol–water partition coefficient (Wildman–Crippen LogP) is 2.27. The molecular weight excluding hydrogens is 516 g/mol. The summed E-state index contributed by atoms with van der Waals surface area (Å²) in [4.78, 5) is 17.5. The van der Waals surface area contributed by atoms with Gasteiger partial charge in [-0.1, -0.05) is 13.8 Å². The van der Waals surface area contributed by atoms with Crippen molar-refractivity contribution in [3.8, 4) is 0 Å². The van der Waals surface area contributed by atoms with Crippen LogP contribution >= 0.6 is 0 Å². The third kappa shape index (κ3) is 8.37. The van der Waals surface area contributed by atoms with E-state index >= 15 is 0 Å². The van der Waals surface area contributed by atoms with Crippen molar-refractivity contribution in [2.24, 2.45) is 17.8 Å². The summed E-state index contributed by atoms with van der Waals surface area (Å²) >= 11 is 0. The Balaban J connectivity index is 2.50. The second-order valence-corrected chi connectivity index (χ2v) is 13.5. The molecule has 10 heteroatoms. The van der Waals surface area contributed by atoms with E-state index in [1.54, 1.807) is 20.8 Å². The molecule has 2 heterocycles. The molecule has 0 saturated carbocycles. The summed E-state index contributed by atoms with van der Waals surface area (Å²) in [6, 6.07) is -0.165. The topological polar surface area (TPSA) is 121 Å². The third-order valence-corrected chi connectivity index (χ3v) is 9.46. The second kappa shape index (κ2) is 14.1. The van der Waals surface area contributed by atoms with Crippen LogP contribution < -0.4 is 0 Å². The third-order valence-electron chi connectivity index (χ3n) is 9.46. The van der Waals surface area contributed by atoms with Crippen LogP contribution in [0.5, 0.6) is 0 Å². The van der Waals surface area contributed by atoms with Gasteiger partial charge in [0, 0.05) is 38.1 Å². The minimum absolute atomic E-state index is 0.00412. The summed E-state index contributed by atoms with van der Waals surface area (Å²) in [7, 11) is 7.51. The Morgan fingerprint density at radius 3 is 2.20 bits per heavy atom. The van der Waals surface area contributed by atoms with Crippen LogP contribution in [0.2, 0.25) is 0 Å². The molecule has 2 fully saturated rings. The van der Waals surface area contributed by atoms with Crippen molar-refractivity contribution in [3.05, 3.63) is 0 Å². The van der Waals surface area contributed by atoms with Gasteiger partial charge >= 0.3 is 5.97 Å². The monoisotopic (exact) mass is 574 g/mol. The van der Waals surface area contributed by atoms with Gasteiger partial charge in [-0.2, -0.15) is 0 Å². The van der Waals surface area contributed by atoms with Crippen LogP contribution in [0.15, 0.2) is 0 Å². The van der Waals surface area contributed by atoms with Gasteiger partial charge in [0.15, 0.2) is 6.29 Å². The molecule has 0 aromatic carbocycles. The molecule has 0 aliphatic carbocycles. The Morgan fingerprint density at radius 2 is 1.65 bits per heavy atom. The van der Waals surface area contributed by atoms with Crippen molar-refractivity contribution in [1.29, 1.82) is 0 Å². The van der Waals surface area contributed by atoms with E-state index in [1.165, 1.54) is 14.0 Å². The SMILES string of the molecule is COC1[C@@H](C)C(=O)O[C@H](C)[C@@](C)(O)[C@H](O)[C@@H](C)N(C)C[C@H](C)C[C@@](C)(O)[C@H](O[C@H]2C[C@@H](N(C)C)C[C@@H](C)O2)[C@H]1C. The Hall–Kier alpha value is -0.850. The van der Waals surface area contributed by atoms with Gasteiger partial charge in [0.2, 0.25) is 0 Å². The molecular formula is C30H58N2O8. The number of esters is 1. The van der Waals surface area contributed by atoms with Gasteiger partial charge in [0.1, 0.15) is 17.8 Å². The Morgan fingerprint density at radius 1 is 1.05 bits per heavy atom. The number of aliphatic hydroxyl groups excluding tert-OH is 1. The van der Waals surface area contributed by atoms with E-state index in [1.807, 2.05) is 46.8 Å². The molecule has 2 saturated heterocycles. The molecule has 40 heavy (non-hydrogen) atoms. The molecule has 13 atom stereocenters. The second-order valence-electron chi connectivity index (χ2n) is 13.5. The zero-order valence-electron chi connectivity index (χ0n) is 27.0. The van der Waals surface area contributed by atoms with Crippen LogP contribution in [-0.4, -0.2) is 126 Å².